The first-order chi connectivity index (χ1) is 8.09. The number of likely N-dealkylation sites (N-methyl/N-ethyl adjacent to an activating group) is 1. The number of amides is 1. The molecule has 0 bridgehead atoms. The lowest BCUT2D eigenvalue weighted by Gasteiger charge is -2.26. The van der Waals surface area contributed by atoms with Crippen LogP contribution in [0.25, 0.3) is 0 Å². The molecule has 0 saturated heterocycles. The highest BCUT2D eigenvalue weighted by atomic mass is 16.1. The zero-order valence-corrected chi connectivity index (χ0v) is 10.4. The number of hydrogen-bond acceptors (Lipinski definition) is 4. The van der Waals surface area contributed by atoms with Crippen molar-refractivity contribution in [2.45, 2.75) is 31.7 Å². The Morgan fingerprint density at radius 2 is 2.24 bits per heavy atom. The van der Waals surface area contributed by atoms with Crippen molar-refractivity contribution in [2.24, 2.45) is 5.73 Å². The molecule has 17 heavy (non-hydrogen) atoms. The van der Waals surface area contributed by atoms with E-state index < -0.39 is 5.91 Å². The largest absolute Gasteiger partial charge is 0.364 e. The van der Waals surface area contributed by atoms with Crippen molar-refractivity contribution >= 4 is 5.91 Å². The molecule has 6 nitrogen and oxygen atoms in total. The van der Waals surface area contributed by atoms with Crippen molar-refractivity contribution in [1.29, 1.82) is 0 Å². The van der Waals surface area contributed by atoms with E-state index in [-0.39, 0.29) is 0 Å². The fourth-order valence-electron chi connectivity index (χ4n) is 2.04. The molecule has 94 valence electrons. The van der Waals surface area contributed by atoms with Crippen LogP contribution in [0, 0.1) is 0 Å². The average Bonchev–Trinajstić information content (AvgIpc) is 2.56. The summed E-state index contributed by atoms with van der Waals surface area (Å²) in [6, 6.07) is 0. The van der Waals surface area contributed by atoms with Crippen LogP contribution >= 0.6 is 0 Å². The molecule has 0 unspecified atom stereocenters. The van der Waals surface area contributed by atoms with Gasteiger partial charge in [0.25, 0.3) is 5.91 Å². The highest BCUT2D eigenvalue weighted by molar-refractivity contribution is 5.92. The van der Waals surface area contributed by atoms with Gasteiger partial charge in [0.1, 0.15) is 0 Å². The number of aromatic nitrogens is 3. The lowest BCUT2D eigenvalue weighted by molar-refractivity contribution is 0.0993. The summed E-state index contributed by atoms with van der Waals surface area (Å²) >= 11 is 0. The smallest absolute Gasteiger partial charge is 0.271 e. The quantitative estimate of drug-likeness (QED) is 0.794. The fraction of sp³-hybridized carbons (Fsp3) is 0.727. The Balaban J connectivity index is 2.22. The summed E-state index contributed by atoms with van der Waals surface area (Å²) in [5.74, 6) is -0.0577. The van der Waals surface area contributed by atoms with Gasteiger partial charge in [0.2, 0.25) is 0 Å². The third kappa shape index (κ3) is 2.46. The Morgan fingerprint density at radius 3 is 2.71 bits per heavy atom. The van der Waals surface area contributed by atoms with Crippen molar-refractivity contribution in [3.8, 4) is 0 Å². The van der Waals surface area contributed by atoms with Gasteiger partial charge in [0, 0.05) is 12.5 Å². The van der Waals surface area contributed by atoms with Crippen LogP contribution in [0.3, 0.4) is 0 Å². The van der Waals surface area contributed by atoms with Gasteiger partial charge >= 0.3 is 0 Å². The molecule has 0 radical (unpaired) electrons. The van der Waals surface area contributed by atoms with Gasteiger partial charge < -0.3 is 10.6 Å². The zero-order valence-electron chi connectivity index (χ0n) is 10.4. The second kappa shape index (κ2) is 4.83. The zero-order chi connectivity index (χ0) is 12.4. The molecule has 0 aliphatic heterocycles. The van der Waals surface area contributed by atoms with E-state index in [0.29, 0.717) is 11.6 Å². The Labute approximate surface area is 101 Å². The van der Waals surface area contributed by atoms with Crippen LogP contribution in [0.2, 0.25) is 0 Å². The highest BCUT2D eigenvalue weighted by Crippen LogP contribution is 2.37. The van der Waals surface area contributed by atoms with E-state index in [4.69, 9.17) is 5.73 Å². The predicted octanol–water partition coefficient (Wildman–Crippen LogP) is 0.206. The first-order valence-corrected chi connectivity index (χ1v) is 5.97. The molecular weight excluding hydrogens is 218 g/mol. The number of carbonyl (C=O) groups excluding carboxylic acids is 1. The Kier molecular flexibility index (Phi) is 3.42. The van der Waals surface area contributed by atoms with E-state index in [1.807, 2.05) is 18.8 Å². The molecule has 1 saturated carbocycles. The van der Waals surface area contributed by atoms with Crippen molar-refractivity contribution in [2.75, 3.05) is 20.6 Å². The van der Waals surface area contributed by atoms with Crippen LogP contribution in [0.4, 0.5) is 0 Å². The Bertz CT molecular complexity index is 408. The molecule has 0 spiro atoms. The maximum absolute atomic E-state index is 11.3. The normalized spacial score (nSPS) is 16.2. The van der Waals surface area contributed by atoms with Crippen LogP contribution in [0.5, 0.6) is 0 Å². The van der Waals surface area contributed by atoms with Gasteiger partial charge in [0.05, 0.1) is 12.2 Å². The number of hydrogen-bond donors (Lipinski definition) is 1. The van der Waals surface area contributed by atoms with E-state index >= 15 is 0 Å². The second-order valence-electron chi connectivity index (χ2n) is 4.84. The molecule has 2 N–H and O–H groups in total. The van der Waals surface area contributed by atoms with Gasteiger partial charge in [-0.1, -0.05) is 11.6 Å². The van der Waals surface area contributed by atoms with Crippen molar-refractivity contribution in [1.82, 2.24) is 19.9 Å². The summed E-state index contributed by atoms with van der Waals surface area (Å²) in [7, 11) is 4.02. The SMILES string of the molecule is CN(C)CCn1nnc(C(N)=O)c1C1CCC1. The monoisotopic (exact) mass is 237 g/mol. The van der Waals surface area contributed by atoms with Gasteiger partial charge in [-0.2, -0.15) is 0 Å². The van der Waals surface area contributed by atoms with E-state index in [2.05, 4.69) is 15.2 Å². The molecular formula is C11H19N5O. The Hall–Kier alpha value is -1.43. The van der Waals surface area contributed by atoms with Crippen LogP contribution in [-0.4, -0.2) is 46.4 Å². The standard InChI is InChI=1S/C11H19N5O/c1-15(2)6-7-16-10(8-4-3-5-8)9(11(12)17)13-14-16/h8H,3-7H2,1-2H3,(H2,12,17). The average molecular weight is 237 g/mol. The molecule has 1 amide bonds. The van der Waals surface area contributed by atoms with Crippen LogP contribution in [-0.2, 0) is 6.54 Å². The Morgan fingerprint density at radius 1 is 1.53 bits per heavy atom. The summed E-state index contributed by atoms with van der Waals surface area (Å²) in [4.78, 5) is 13.4. The number of nitrogens with two attached hydrogens (primary N) is 1. The molecule has 1 fully saturated rings. The number of nitrogens with zero attached hydrogens (tertiary/aromatic N) is 4. The molecule has 1 aliphatic carbocycles. The summed E-state index contributed by atoms with van der Waals surface area (Å²) in [6.07, 6.45) is 3.42. The minimum Gasteiger partial charge on any atom is -0.364 e. The van der Waals surface area contributed by atoms with Gasteiger partial charge in [-0.05, 0) is 26.9 Å². The number of rotatable bonds is 5. The highest BCUT2D eigenvalue weighted by Gasteiger charge is 2.29. The summed E-state index contributed by atoms with van der Waals surface area (Å²) in [5, 5.41) is 7.97. The maximum atomic E-state index is 11.3. The minimum absolute atomic E-state index is 0.355. The molecule has 0 atom stereocenters. The molecule has 2 rings (SSSR count). The lowest BCUT2D eigenvalue weighted by Crippen LogP contribution is -2.24. The summed E-state index contributed by atoms with van der Waals surface area (Å²) in [5.41, 5.74) is 6.63. The molecule has 1 aromatic rings. The van der Waals surface area contributed by atoms with Crippen molar-refractivity contribution in [3.05, 3.63) is 11.4 Å². The molecule has 1 aliphatic rings. The van der Waals surface area contributed by atoms with E-state index in [9.17, 15) is 4.79 Å². The van der Waals surface area contributed by atoms with Gasteiger partial charge in [-0.25, -0.2) is 4.68 Å². The van der Waals surface area contributed by atoms with Crippen LogP contribution < -0.4 is 5.73 Å². The van der Waals surface area contributed by atoms with E-state index in [0.717, 1.165) is 31.6 Å². The summed E-state index contributed by atoms with van der Waals surface area (Å²) in [6.45, 7) is 1.63. The summed E-state index contributed by atoms with van der Waals surface area (Å²) < 4.78 is 1.84. The molecule has 1 aromatic heterocycles. The van der Waals surface area contributed by atoms with Gasteiger partial charge in [-0.15, -0.1) is 5.10 Å². The topological polar surface area (TPSA) is 77.0 Å². The van der Waals surface area contributed by atoms with Gasteiger partial charge in [0.15, 0.2) is 5.69 Å². The van der Waals surface area contributed by atoms with Crippen LogP contribution in [0.1, 0.15) is 41.4 Å². The number of carbonyl (C=O) groups is 1. The third-order valence-corrected chi connectivity index (χ3v) is 3.26. The van der Waals surface area contributed by atoms with E-state index in [1.54, 1.807) is 0 Å². The second-order valence-corrected chi connectivity index (χ2v) is 4.84. The fourth-order valence-corrected chi connectivity index (χ4v) is 2.04. The first-order valence-electron chi connectivity index (χ1n) is 5.97. The maximum Gasteiger partial charge on any atom is 0.271 e. The molecule has 1 heterocycles. The van der Waals surface area contributed by atoms with E-state index in [1.165, 1.54) is 6.42 Å². The predicted molar refractivity (Wildman–Crippen MR) is 63.7 cm³/mol. The minimum atomic E-state index is -0.469. The number of primary amides is 1. The third-order valence-electron chi connectivity index (χ3n) is 3.26. The van der Waals surface area contributed by atoms with Gasteiger partial charge in [-0.3, -0.25) is 4.79 Å². The van der Waals surface area contributed by atoms with Crippen LogP contribution in [0.15, 0.2) is 0 Å². The van der Waals surface area contributed by atoms with Crippen molar-refractivity contribution < 1.29 is 4.79 Å². The first kappa shape index (κ1) is 12.0. The van der Waals surface area contributed by atoms with Crippen molar-refractivity contribution in [3.63, 3.8) is 0 Å². The molecule has 0 aromatic carbocycles. The lowest BCUT2D eigenvalue weighted by atomic mass is 9.82. The molecule has 6 heteroatoms.